The van der Waals surface area contributed by atoms with Crippen molar-refractivity contribution in [2.45, 2.75) is 0 Å². The fraction of sp³-hybridized carbons (Fsp3) is 0. The maximum absolute atomic E-state index is 8.26. The fourth-order valence-corrected chi connectivity index (χ4v) is 0. The van der Waals surface area contributed by atoms with E-state index >= 15 is 0 Å². The van der Waals surface area contributed by atoms with Gasteiger partial charge in [-0.15, -0.1) is 0 Å². The van der Waals surface area contributed by atoms with E-state index in [1.807, 2.05) is 0 Å². The number of hydrogen-bond acceptors (Lipinski definition) is 1. The van der Waals surface area contributed by atoms with Gasteiger partial charge in [-0.25, -0.2) is 0 Å². The van der Waals surface area contributed by atoms with E-state index in [0.29, 0.717) is 19.8 Å². The average molecular weight is 244 g/mol. The summed E-state index contributed by atoms with van der Waals surface area (Å²) in [5, 5.41) is 0. The van der Waals surface area contributed by atoms with Crippen molar-refractivity contribution in [3.8, 4) is 0 Å². The molecule has 48 valence electrons. The topological polar surface area (TPSA) is 17.1 Å². The Morgan fingerprint density at radius 1 is 0.714 bits per heavy atom. The summed E-state index contributed by atoms with van der Waals surface area (Å²) >= 11 is 0.700. The van der Waals surface area contributed by atoms with Crippen LogP contribution in [0.5, 0.6) is 0 Å². The van der Waals surface area contributed by atoms with Gasteiger partial charge < -0.3 is 18.8 Å². The van der Waals surface area contributed by atoms with Crippen LogP contribution < -0.4 is 18.8 Å². The molecular weight excluding hydrogens is 244 g/mol. The summed E-state index contributed by atoms with van der Waals surface area (Å²) in [6.45, 7) is 0. The van der Waals surface area contributed by atoms with Crippen molar-refractivity contribution in [2.24, 2.45) is 0 Å². The van der Waals surface area contributed by atoms with Crippen molar-refractivity contribution >= 4 is 0 Å². The molecule has 0 atom stereocenters. The molecule has 0 bridgehead atoms. The van der Waals surface area contributed by atoms with Gasteiger partial charge in [0.2, 0.25) is 0 Å². The van der Waals surface area contributed by atoms with E-state index < -0.39 is 0 Å². The molecule has 0 aliphatic rings. The second-order valence-corrected chi connectivity index (χ2v) is 0. The summed E-state index contributed by atoms with van der Waals surface area (Å²) < 4.78 is 8.26. The van der Waals surface area contributed by atoms with Crippen molar-refractivity contribution in [2.75, 3.05) is 0 Å². The summed E-state index contributed by atoms with van der Waals surface area (Å²) in [7, 11) is 0. The fourth-order valence-electron chi connectivity index (χ4n) is 0. The predicted octanol–water partition coefficient (Wildman–Crippen LogP) is -12.1. The van der Waals surface area contributed by atoms with E-state index in [-0.39, 0.29) is 35.9 Å². The van der Waals surface area contributed by atoms with Gasteiger partial charge in [-0.3, -0.25) is 0 Å². The molecule has 0 radical (unpaired) electrons. The summed E-state index contributed by atoms with van der Waals surface area (Å²) in [6.07, 6.45) is 0. The molecule has 0 spiro atoms. The molecule has 0 aromatic heterocycles. The van der Waals surface area contributed by atoms with Gasteiger partial charge in [-0.2, -0.15) is 0 Å². The third kappa shape index (κ3) is 284. The zero-order valence-electron chi connectivity index (χ0n) is 2.68. The first-order chi connectivity index (χ1) is 1.00. The maximum atomic E-state index is 8.26. The first kappa shape index (κ1) is 117. The van der Waals surface area contributed by atoms with Crippen LogP contribution in [0.2, 0.25) is 0 Å². The van der Waals surface area contributed by atoms with E-state index in [9.17, 15) is 0 Å². The second-order valence-electron chi connectivity index (χ2n) is 0. The summed E-state index contributed by atoms with van der Waals surface area (Å²) in [5.74, 6) is 0. The zero-order chi connectivity index (χ0) is 2.00. The quantitative estimate of drug-likeness (QED) is 0.305. The van der Waals surface area contributed by atoms with Crippen molar-refractivity contribution in [1.82, 2.24) is 0 Å². The minimum atomic E-state index is 0. The van der Waals surface area contributed by atoms with Gasteiger partial charge in [0.25, 0.3) is 0 Å². The van der Waals surface area contributed by atoms with E-state index in [2.05, 4.69) is 0 Å². The molecule has 0 saturated heterocycles. The van der Waals surface area contributed by atoms with Gasteiger partial charge >= 0.3 is 40.2 Å². The minimum absolute atomic E-state index is 0. The Labute approximate surface area is 59.4 Å². The molecule has 0 fully saturated rings. The molecule has 0 heterocycles. The van der Waals surface area contributed by atoms with Crippen LogP contribution in [0.4, 0.5) is 0 Å². The van der Waals surface area contributed by atoms with E-state index in [4.69, 9.17) is 3.40 Å². The standard InChI is InChI=1S/4FH.Fe.Mo.O/h4*1H;;;/q;;;;2*+2;/p-4. The Morgan fingerprint density at radius 2 is 0.714 bits per heavy atom. The molecular formula is F4FeMoO. The van der Waals surface area contributed by atoms with Crippen LogP contribution in [-0.2, 0) is 40.2 Å². The molecule has 7 heavy (non-hydrogen) atoms. The van der Waals surface area contributed by atoms with Crippen molar-refractivity contribution < 1.29 is 59.1 Å². The third-order valence-electron chi connectivity index (χ3n) is 0. The molecule has 0 unspecified atom stereocenters. The van der Waals surface area contributed by atoms with Crippen LogP contribution in [0.25, 0.3) is 0 Å². The molecule has 0 amide bonds. The van der Waals surface area contributed by atoms with Crippen molar-refractivity contribution in [1.29, 1.82) is 0 Å². The summed E-state index contributed by atoms with van der Waals surface area (Å²) in [4.78, 5) is 0. The normalized spacial score (nSPS) is 0.429. The Hall–Kier alpha value is 0.728. The second kappa shape index (κ2) is 417. The van der Waals surface area contributed by atoms with Crippen LogP contribution in [-0.4, -0.2) is 0 Å². The molecule has 0 aromatic carbocycles. The van der Waals surface area contributed by atoms with Gasteiger partial charge in [0.05, 0.1) is 0 Å². The van der Waals surface area contributed by atoms with E-state index in [1.165, 1.54) is 0 Å². The first-order valence-corrected chi connectivity index (χ1v) is 0.986. The Balaban J connectivity index is -0.000000000500. The molecule has 0 aliphatic heterocycles. The number of halogens is 4. The van der Waals surface area contributed by atoms with Crippen molar-refractivity contribution in [3.05, 3.63) is 0 Å². The van der Waals surface area contributed by atoms with Crippen LogP contribution in [0.15, 0.2) is 0 Å². The SMILES string of the molecule is [F-].[F-].[F-].[F-].[Fe+2].[O]=[Mo+2]. The number of hydrogen-bond donors (Lipinski definition) is 0. The Kier molecular flexibility index (Phi) is 6980. The summed E-state index contributed by atoms with van der Waals surface area (Å²) in [5.41, 5.74) is 0. The van der Waals surface area contributed by atoms with Crippen LogP contribution in [0.3, 0.4) is 0 Å². The van der Waals surface area contributed by atoms with E-state index in [0.717, 1.165) is 0 Å². The van der Waals surface area contributed by atoms with Crippen LogP contribution in [0, 0.1) is 0 Å². The molecule has 0 saturated carbocycles. The van der Waals surface area contributed by atoms with Gasteiger partial charge in [-0.1, -0.05) is 0 Å². The van der Waals surface area contributed by atoms with Gasteiger partial charge in [0.15, 0.2) is 0 Å². The monoisotopic (exact) mass is 246 g/mol. The molecule has 7 heteroatoms. The third-order valence-corrected chi connectivity index (χ3v) is 0. The zero-order valence-corrected chi connectivity index (χ0v) is 5.79. The van der Waals surface area contributed by atoms with Gasteiger partial charge in [0.1, 0.15) is 0 Å². The summed E-state index contributed by atoms with van der Waals surface area (Å²) in [6, 6.07) is 0. The first-order valence-electron chi connectivity index (χ1n) is 0.167. The van der Waals surface area contributed by atoms with Gasteiger partial charge in [-0.05, 0) is 0 Å². The Morgan fingerprint density at radius 3 is 0.714 bits per heavy atom. The molecule has 0 rings (SSSR count). The number of rotatable bonds is 0. The molecule has 1 nitrogen and oxygen atoms in total. The van der Waals surface area contributed by atoms with Crippen LogP contribution in [0.1, 0.15) is 0 Å². The molecule has 0 aromatic rings. The average Bonchev–Trinajstić information content (AvgIpc) is 1.00. The van der Waals surface area contributed by atoms with Gasteiger partial charge in [0, 0.05) is 0 Å². The van der Waals surface area contributed by atoms with Crippen LogP contribution >= 0.6 is 0 Å². The molecule has 0 N–H and O–H groups in total. The van der Waals surface area contributed by atoms with Crippen molar-refractivity contribution in [3.63, 3.8) is 0 Å². The molecule has 0 aliphatic carbocycles. The predicted molar refractivity (Wildman–Crippen MR) is 0.686 cm³/mol. The van der Waals surface area contributed by atoms with E-state index in [1.54, 1.807) is 0 Å². The Bertz CT molecular complexity index is 11.7.